The van der Waals surface area contributed by atoms with Gasteiger partial charge >= 0.3 is 0 Å². The van der Waals surface area contributed by atoms with Crippen molar-refractivity contribution < 1.29 is 19.7 Å². The summed E-state index contributed by atoms with van der Waals surface area (Å²) in [7, 11) is 0. The molecule has 0 spiro atoms. The molecule has 0 aliphatic rings. The van der Waals surface area contributed by atoms with Crippen molar-refractivity contribution >= 4 is 0 Å². The molecule has 1 unspecified atom stereocenters. The Morgan fingerprint density at radius 1 is 1.14 bits per heavy atom. The average molecular weight is 198 g/mol. The summed E-state index contributed by atoms with van der Waals surface area (Å²) in [5.41, 5.74) is 0. The number of hydrogen-bond acceptors (Lipinski definition) is 4. The van der Waals surface area contributed by atoms with Crippen molar-refractivity contribution in [2.45, 2.75) is 6.29 Å². The van der Waals surface area contributed by atoms with E-state index in [9.17, 15) is 0 Å². The molecule has 0 heterocycles. The number of benzene rings is 1. The second-order valence-corrected chi connectivity index (χ2v) is 2.67. The third-order valence-corrected chi connectivity index (χ3v) is 1.56. The highest BCUT2D eigenvalue weighted by Gasteiger charge is 2.00. The van der Waals surface area contributed by atoms with Crippen LogP contribution in [0.25, 0.3) is 0 Å². The monoisotopic (exact) mass is 198 g/mol. The van der Waals surface area contributed by atoms with Gasteiger partial charge in [-0.15, -0.1) is 0 Å². The topological polar surface area (TPSA) is 58.9 Å². The number of ether oxygens (including phenoxy) is 2. The molecular weight excluding hydrogens is 184 g/mol. The molecule has 4 heteroatoms. The highest BCUT2D eigenvalue weighted by atomic mass is 16.6. The molecule has 0 saturated carbocycles. The summed E-state index contributed by atoms with van der Waals surface area (Å²) in [4.78, 5) is 0. The van der Waals surface area contributed by atoms with Crippen LogP contribution in [0.3, 0.4) is 0 Å². The number of aliphatic hydroxyl groups excluding tert-OH is 2. The molecule has 2 N–H and O–H groups in total. The Balaban J connectivity index is 2.10. The SMILES string of the molecule is OCC(O)OCCOc1ccccc1. The van der Waals surface area contributed by atoms with Crippen LogP contribution in [-0.4, -0.2) is 36.3 Å². The van der Waals surface area contributed by atoms with Gasteiger partial charge in [0, 0.05) is 0 Å². The molecule has 0 fully saturated rings. The summed E-state index contributed by atoms with van der Waals surface area (Å²) in [5, 5.41) is 17.3. The molecule has 14 heavy (non-hydrogen) atoms. The van der Waals surface area contributed by atoms with E-state index in [-0.39, 0.29) is 6.61 Å². The molecule has 0 aliphatic carbocycles. The predicted molar refractivity (Wildman–Crippen MR) is 51.0 cm³/mol. The van der Waals surface area contributed by atoms with Crippen LogP contribution in [0.1, 0.15) is 0 Å². The van der Waals surface area contributed by atoms with Gasteiger partial charge in [0.05, 0.1) is 13.2 Å². The molecule has 0 radical (unpaired) electrons. The Bertz CT molecular complexity index is 237. The first-order chi connectivity index (χ1) is 6.83. The van der Waals surface area contributed by atoms with Gasteiger partial charge in [0.25, 0.3) is 0 Å². The van der Waals surface area contributed by atoms with E-state index in [2.05, 4.69) is 0 Å². The lowest BCUT2D eigenvalue weighted by atomic mass is 10.3. The van der Waals surface area contributed by atoms with Crippen LogP contribution in [-0.2, 0) is 4.74 Å². The van der Waals surface area contributed by atoms with Crippen LogP contribution in [0.2, 0.25) is 0 Å². The minimum absolute atomic E-state index is 0.247. The molecule has 78 valence electrons. The fourth-order valence-electron chi connectivity index (χ4n) is 0.913. The summed E-state index contributed by atoms with van der Waals surface area (Å²) < 4.78 is 10.1. The second kappa shape index (κ2) is 6.37. The van der Waals surface area contributed by atoms with Crippen LogP contribution < -0.4 is 4.74 Å². The molecule has 4 nitrogen and oxygen atoms in total. The van der Waals surface area contributed by atoms with Crippen molar-refractivity contribution in [3.05, 3.63) is 30.3 Å². The lowest BCUT2D eigenvalue weighted by Gasteiger charge is -2.09. The molecule has 0 aromatic heterocycles. The highest BCUT2D eigenvalue weighted by molar-refractivity contribution is 5.20. The van der Waals surface area contributed by atoms with Gasteiger partial charge in [-0.1, -0.05) is 18.2 Å². The van der Waals surface area contributed by atoms with Gasteiger partial charge < -0.3 is 19.7 Å². The van der Waals surface area contributed by atoms with Gasteiger partial charge in [0.1, 0.15) is 12.4 Å². The Kier molecular flexibility index (Phi) is 4.99. The van der Waals surface area contributed by atoms with E-state index < -0.39 is 12.9 Å². The number of rotatable bonds is 6. The van der Waals surface area contributed by atoms with E-state index in [0.29, 0.717) is 6.61 Å². The first kappa shape index (κ1) is 11.0. The van der Waals surface area contributed by atoms with Crippen molar-refractivity contribution in [2.75, 3.05) is 19.8 Å². The Morgan fingerprint density at radius 3 is 2.50 bits per heavy atom. The van der Waals surface area contributed by atoms with Gasteiger partial charge in [-0.25, -0.2) is 0 Å². The summed E-state index contributed by atoms with van der Waals surface area (Å²) in [5.74, 6) is 0.759. The second-order valence-electron chi connectivity index (χ2n) is 2.67. The summed E-state index contributed by atoms with van der Waals surface area (Å²) in [6.07, 6.45) is -1.12. The van der Waals surface area contributed by atoms with E-state index in [1.54, 1.807) is 0 Å². The summed E-state index contributed by atoms with van der Waals surface area (Å²) in [6, 6.07) is 9.32. The van der Waals surface area contributed by atoms with Crippen LogP contribution >= 0.6 is 0 Å². The van der Waals surface area contributed by atoms with E-state index in [1.807, 2.05) is 30.3 Å². The van der Waals surface area contributed by atoms with Crippen LogP contribution in [0.5, 0.6) is 5.75 Å². The molecule has 1 aromatic carbocycles. The summed E-state index contributed by atoms with van der Waals surface area (Å²) >= 11 is 0. The maximum atomic E-state index is 8.83. The van der Waals surface area contributed by atoms with Crippen molar-refractivity contribution in [1.29, 1.82) is 0 Å². The zero-order valence-electron chi connectivity index (χ0n) is 7.80. The van der Waals surface area contributed by atoms with E-state index in [0.717, 1.165) is 5.75 Å². The van der Waals surface area contributed by atoms with Crippen LogP contribution in [0, 0.1) is 0 Å². The van der Waals surface area contributed by atoms with Gasteiger partial charge in [-0.05, 0) is 12.1 Å². The van der Waals surface area contributed by atoms with Crippen molar-refractivity contribution in [3.63, 3.8) is 0 Å². The first-order valence-electron chi connectivity index (χ1n) is 4.41. The molecule has 0 aliphatic heterocycles. The van der Waals surface area contributed by atoms with Crippen LogP contribution in [0.15, 0.2) is 30.3 Å². The molecular formula is C10H14O4. The fraction of sp³-hybridized carbons (Fsp3) is 0.400. The largest absolute Gasteiger partial charge is 0.491 e. The lowest BCUT2D eigenvalue weighted by Crippen LogP contribution is -2.19. The quantitative estimate of drug-likeness (QED) is 0.513. The molecule has 0 bridgehead atoms. The zero-order chi connectivity index (χ0) is 10.2. The molecule has 1 aromatic rings. The third-order valence-electron chi connectivity index (χ3n) is 1.56. The Hall–Kier alpha value is -1.10. The minimum atomic E-state index is -1.12. The standard InChI is InChI=1S/C10H14O4/c11-8-10(12)14-7-6-13-9-4-2-1-3-5-9/h1-5,10-12H,6-8H2. The van der Waals surface area contributed by atoms with Gasteiger partial charge in [0.2, 0.25) is 0 Å². The van der Waals surface area contributed by atoms with E-state index >= 15 is 0 Å². The van der Waals surface area contributed by atoms with Crippen molar-refractivity contribution in [3.8, 4) is 5.75 Å². The zero-order valence-corrected chi connectivity index (χ0v) is 7.80. The highest BCUT2D eigenvalue weighted by Crippen LogP contribution is 2.07. The Morgan fingerprint density at radius 2 is 1.86 bits per heavy atom. The maximum absolute atomic E-state index is 8.83. The Labute approximate surface area is 82.7 Å². The first-order valence-corrected chi connectivity index (χ1v) is 4.41. The number of para-hydroxylation sites is 1. The van der Waals surface area contributed by atoms with Gasteiger partial charge in [-0.3, -0.25) is 0 Å². The van der Waals surface area contributed by atoms with Crippen molar-refractivity contribution in [2.24, 2.45) is 0 Å². The fourth-order valence-corrected chi connectivity index (χ4v) is 0.913. The molecule has 0 amide bonds. The van der Waals surface area contributed by atoms with Gasteiger partial charge in [0.15, 0.2) is 6.29 Å². The molecule has 1 atom stereocenters. The minimum Gasteiger partial charge on any atom is -0.491 e. The molecule has 1 rings (SSSR count). The maximum Gasteiger partial charge on any atom is 0.178 e. The van der Waals surface area contributed by atoms with E-state index in [1.165, 1.54) is 0 Å². The lowest BCUT2D eigenvalue weighted by molar-refractivity contribution is -0.128. The molecule has 0 saturated heterocycles. The predicted octanol–water partition coefficient (Wildman–Crippen LogP) is 0.393. The van der Waals surface area contributed by atoms with Gasteiger partial charge in [-0.2, -0.15) is 0 Å². The number of aliphatic hydroxyl groups is 2. The van der Waals surface area contributed by atoms with Crippen molar-refractivity contribution in [1.82, 2.24) is 0 Å². The average Bonchev–Trinajstić information content (AvgIpc) is 2.25. The van der Waals surface area contributed by atoms with Crippen LogP contribution in [0.4, 0.5) is 0 Å². The third kappa shape index (κ3) is 4.23. The summed E-state index contributed by atoms with van der Waals surface area (Å²) in [6.45, 7) is 0.197. The van der Waals surface area contributed by atoms with E-state index in [4.69, 9.17) is 19.7 Å². The normalized spacial score (nSPS) is 12.4. The number of hydrogen-bond donors (Lipinski definition) is 2. The smallest absolute Gasteiger partial charge is 0.178 e.